The van der Waals surface area contributed by atoms with Crippen LogP contribution in [-0.2, 0) is 11.5 Å². The molecule has 0 aliphatic carbocycles. The maximum absolute atomic E-state index is 12.1. The highest BCUT2D eigenvalue weighted by Crippen LogP contribution is 2.18. The zero-order chi connectivity index (χ0) is 17.8. The lowest BCUT2D eigenvalue weighted by Crippen LogP contribution is -2.32. The molecule has 2 heterocycles. The SMILES string of the molecule is Cc1ccc(NC(=O)CN(C)Cn2nc(-c3ccco3)oc2=S)cc1. The van der Waals surface area contributed by atoms with Crippen molar-refractivity contribution in [3.05, 3.63) is 53.1 Å². The molecule has 0 unspecified atom stereocenters. The first kappa shape index (κ1) is 17.1. The molecule has 0 bridgehead atoms. The number of benzene rings is 1. The molecule has 0 spiro atoms. The van der Waals surface area contributed by atoms with Gasteiger partial charge < -0.3 is 14.2 Å². The zero-order valence-electron chi connectivity index (χ0n) is 13.9. The van der Waals surface area contributed by atoms with E-state index in [1.165, 1.54) is 10.9 Å². The van der Waals surface area contributed by atoms with E-state index in [4.69, 9.17) is 21.1 Å². The van der Waals surface area contributed by atoms with E-state index in [1.807, 2.05) is 31.2 Å². The summed E-state index contributed by atoms with van der Waals surface area (Å²) in [4.78, 5) is 14.1. The summed E-state index contributed by atoms with van der Waals surface area (Å²) in [5.41, 5.74) is 1.91. The van der Waals surface area contributed by atoms with Crippen LogP contribution in [-0.4, -0.2) is 34.2 Å². The van der Waals surface area contributed by atoms with E-state index >= 15 is 0 Å². The number of carbonyl (C=O) groups is 1. The van der Waals surface area contributed by atoms with Crippen molar-refractivity contribution in [3.8, 4) is 11.7 Å². The molecule has 130 valence electrons. The topological polar surface area (TPSA) is 76.4 Å². The van der Waals surface area contributed by atoms with E-state index in [0.29, 0.717) is 18.3 Å². The number of furan rings is 1. The van der Waals surface area contributed by atoms with Crippen molar-refractivity contribution in [3.63, 3.8) is 0 Å². The van der Waals surface area contributed by atoms with E-state index < -0.39 is 0 Å². The van der Waals surface area contributed by atoms with Crippen LogP contribution in [0.15, 0.2) is 51.5 Å². The maximum Gasteiger partial charge on any atom is 0.288 e. The number of amides is 1. The summed E-state index contributed by atoms with van der Waals surface area (Å²) in [5.74, 6) is 0.699. The standard InChI is InChI=1S/C17H18N4O3S/c1-12-5-7-13(8-6-12)18-15(22)10-20(2)11-21-17(25)24-16(19-21)14-4-3-9-23-14/h3-9H,10-11H2,1-2H3,(H,18,22). The monoisotopic (exact) mass is 358 g/mol. The summed E-state index contributed by atoms with van der Waals surface area (Å²) in [6.07, 6.45) is 1.54. The second kappa shape index (κ2) is 7.45. The summed E-state index contributed by atoms with van der Waals surface area (Å²) in [5, 5.41) is 7.13. The van der Waals surface area contributed by atoms with Crippen molar-refractivity contribution in [2.45, 2.75) is 13.6 Å². The molecular weight excluding hydrogens is 340 g/mol. The molecule has 1 amide bonds. The lowest BCUT2D eigenvalue weighted by atomic mass is 10.2. The number of carbonyl (C=O) groups excluding carboxylic acids is 1. The van der Waals surface area contributed by atoms with Crippen LogP contribution in [0.25, 0.3) is 11.7 Å². The molecule has 3 rings (SSSR count). The molecular formula is C17H18N4O3S. The molecule has 2 aromatic heterocycles. The van der Waals surface area contributed by atoms with E-state index in [-0.39, 0.29) is 17.3 Å². The third-order valence-corrected chi connectivity index (χ3v) is 3.76. The quantitative estimate of drug-likeness (QED) is 0.681. The van der Waals surface area contributed by atoms with Gasteiger partial charge in [0.05, 0.1) is 19.5 Å². The first-order valence-electron chi connectivity index (χ1n) is 7.68. The van der Waals surface area contributed by atoms with Crippen LogP contribution in [0.1, 0.15) is 5.56 Å². The lowest BCUT2D eigenvalue weighted by molar-refractivity contribution is -0.117. The van der Waals surface area contributed by atoms with Crippen molar-refractivity contribution >= 4 is 23.8 Å². The number of likely N-dealkylation sites (N-methyl/N-ethyl adjacent to an activating group) is 1. The summed E-state index contributed by atoms with van der Waals surface area (Å²) in [7, 11) is 1.80. The van der Waals surface area contributed by atoms with Crippen molar-refractivity contribution < 1.29 is 13.6 Å². The molecule has 1 aromatic carbocycles. The molecule has 0 fully saturated rings. The van der Waals surface area contributed by atoms with Gasteiger partial charge in [0.25, 0.3) is 10.7 Å². The van der Waals surface area contributed by atoms with Gasteiger partial charge >= 0.3 is 0 Å². The van der Waals surface area contributed by atoms with Crippen molar-refractivity contribution in [1.82, 2.24) is 14.7 Å². The number of anilines is 1. The van der Waals surface area contributed by atoms with Gasteiger partial charge in [-0.1, -0.05) is 17.7 Å². The minimum Gasteiger partial charge on any atom is -0.459 e. The minimum atomic E-state index is -0.118. The normalized spacial score (nSPS) is 11.0. The van der Waals surface area contributed by atoms with E-state index in [1.54, 1.807) is 24.1 Å². The highest BCUT2D eigenvalue weighted by Gasteiger charge is 2.13. The van der Waals surface area contributed by atoms with Crippen LogP contribution < -0.4 is 5.32 Å². The lowest BCUT2D eigenvalue weighted by Gasteiger charge is -2.15. The number of rotatable bonds is 6. The molecule has 0 atom stereocenters. The summed E-state index contributed by atoms with van der Waals surface area (Å²) in [6, 6.07) is 11.1. The third-order valence-electron chi connectivity index (χ3n) is 3.46. The fourth-order valence-corrected chi connectivity index (χ4v) is 2.43. The number of nitrogens with zero attached hydrogens (tertiary/aromatic N) is 3. The van der Waals surface area contributed by atoms with Crippen molar-refractivity contribution in [1.29, 1.82) is 0 Å². The van der Waals surface area contributed by atoms with Crippen LogP contribution >= 0.6 is 12.2 Å². The maximum atomic E-state index is 12.1. The van der Waals surface area contributed by atoms with Crippen molar-refractivity contribution in [2.75, 3.05) is 18.9 Å². The Kier molecular flexibility index (Phi) is 5.11. The predicted molar refractivity (Wildman–Crippen MR) is 95.5 cm³/mol. The molecule has 0 radical (unpaired) electrons. The molecule has 25 heavy (non-hydrogen) atoms. The first-order valence-corrected chi connectivity index (χ1v) is 8.09. The Morgan fingerprint density at radius 3 is 2.76 bits per heavy atom. The second-order valence-electron chi connectivity index (χ2n) is 5.72. The Bertz CT molecular complexity index is 897. The van der Waals surface area contributed by atoms with E-state index in [9.17, 15) is 4.79 Å². The van der Waals surface area contributed by atoms with Crippen LogP contribution in [0.4, 0.5) is 5.69 Å². The van der Waals surface area contributed by atoms with Gasteiger partial charge in [-0.3, -0.25) is 9.69 Å². The fraction of sp³-hybridized carbons (Fsp3) is 0.235. The molecule has 0 aliphatic heterocycles. The summed E-state index contributed by atoms with van der Waals surface area (Å²) in [6.45, 7) is 2.51. The van der Waals surface area contributed by atoms with Crippen LogP contribution in [0, 0.1) is 11.8 Å². The average Bonchev–Trinajstić information content (AvgIpc) is 3.20. The molecule has 3 aromatic rings. The molecule has 1 N–H and O–H groups in total. The van der Waals surface area contributed by atoms with Crippen LogP contribution in [0.5, 0.6) is 0 Å². The molecule has 0 aliphatic rings. The van der Waals surface area contributed by atoms with E-state index in [2.05, 4.69) is 10.4 Å². The average molecular weight is 358 g/mol. The van der Waals surface area contributed by atoms with Gasteiger partial charge in [-0.05, 0) is 50.5 Å². The van der Waals surface area contributed by atoms with Gasteiger partial charge in [0.2, 0.25) is 5.91 Å². The molecule has 8 heteroatoms. The predicted octanol–water partition coefficient (Wildman–Crippen LogP) is 3.30. The smallest absolute Gasteiger partial charge is 0.288 e. The molecule has 0 saturated carbocycles. The van der Waals surface area contributed by atoms with Crippen LogP contribution in [0.3, 0.4) is 0 Å². The Balaban J connectivity index is 1.59. The van der Waals surface area contributed by atoms with Gasteiger partial charge in [0, 0.05) is 5.69 Å². The number of hydrogen-bond donors (Lipinski definition) is 1. The Morgan fingerprint density at radius 2 is 2.08 bits per heavy atom. The number of aryl methyl sites for hydroxylation is 1. The zero-order valence-corrected chi connectivity index (χ0v) is 14.7. The summed E-state index contributed by atoms with van der Waals surface area (Å²) >= 11 is 5.16. The highest BCUT2D eigenvalue weighted by atomic mass is 32.1. The highest BCUT2D eigenvalue weighted by molar-refractivity contribution is 7.71. The van der Waals surface area contributed by atoms with Gasteiger partial charge in [-0.25, -0.2) is 4.68 Å². The Morgan fingerprint density at radius 1 is 1.32 bits per heavy atom. The Labute approximate surface area is 149 Å². The van der Waals surface area contributed by atoms with Gasteiger partial charge in [-0.2, -0.15) is 0 Å². The van der Waals surface area contributed by atoms with E-state index in [0.717, 1.165) is 11.3 Å². The number of hydrogen-bond acceptors (Lipinski definition) is 6. The number of aromatic nitrogens is 2. The largest absolute Gasteiger partial charge is 0.459 e. The first-order chi connectivity index (χ1) is 12.0. The summed E-state index contributed by atoms with van der Waals surface area (Å²) < 4.78 is 12.2. The molecule has 0 saturated heterocycles. The second-order valence-corrected chi connectivity index (χ2v) is 6.07. The molecule has 7 nitrogen and oxygen atoms in total. The Hall–Kier alpha value is -2.71. The fourth-order valence-electron chi connectivity index (χ4n) is 2.26. The minimum absolute atomic E-state index is 0.118. The van der Waals surface area contributed by atoms with Crippen LogP contribution in [0.2, 0.25) is 0 Å². The number of nitrogens with one attached hydrogen (secondary N) is 1. The van der Waals surface area contributed by atoms with Gasteiger partial charge in [0.15, 0.2) is 5.76 Å². The third kappa shape index (κ3) is 4.43. The van der Waals surface area contributed by atoms with Gasteiger partial charge in [0.1, 0.15) is 0 Å². The van der Waals surface area contributed by atoms with Crippen molar-refractivity contribution in [2.24, 2.45) is 0 Å². The van der Waals surface area contributed by atoms with Gasteiger partial charge in [-0.15, -0.1) is 5.10 Å².